The number of hydrogen-bond donors (Lipinski definition) is 1. The standard InChI is InChI=1S/C12H10ClN5OS/c1-7-15-16-12-18(7)17-10(20-12)6-14-11(19)8-4-2-3-5-9(8)13/h2-5H,6H2,1H3,(H,14,19). The molecule has 0 saturated heterocycles. The van der Waals surface area contributed by atoms with Gasteiger partial charge in [0.1, 0.15) is 5.01 Å². The molecule has 20 heavy (non-hydrogen) atoms. The monoisotopic (exact) mass is 307 g/mol. The third-order valence-electron chi connectivity index (χ3n) is 2.71. The van der Waals surface area contributed by atoms with Gasteiger partial charge in [0.15, 0.2) is 5.82 Å². The van der Waals surface area contributed by atoms with Crippen molar-refractivity contribution in [2.75, 3.05) is 0 Å². The van der Waals surface area contributed by atoms with Crippen molar-refractivity contribution in [3.8, 4) is 0 Å². The molecule has 0 atom stereocenters. The number of carbonyl (C=O) groups excluding carboxylic acids is 1. The molecule has 2 heterocycles. The van der Waals surface area contributed by atoms with Crippen molar-refractivity contribution in [1.82, 2.24) is 25.1 Å². The molecule has 2 aromatic heterocycles. The predicted molar refractivity (Wildman–Crippen MR) is 76.0 cm³/mol. The molecule has 0 bridgehead atoms. The van der Waals surface area contributed by atoms with Gasteiger partial charge in [-0.05, 0) is 19.1 Å². The lowest BCUT2D eigenvalue weighted by Gasteiger charge is -2.04. The Bertz CT molecular complexity index is 781. The number of nitrogens with one attached hydrogen (secondary N) is 1. The van der Waals surface area contributed by atoms with Crippen molar-refractivity contribution in [3.05, 3.63) is 45.7 Å². The van der Waals surface area contributed by atoms with Crippen LogP contribution in [0.3, 0.4) is 0 Å². The van der Waals surface area contributed by atoms with Crippen LogP contribution in [0.25, 0.3) is 4.96 Å². The molecule has 1 N–H and O–H groups in total. The third-order valence-corrected chi connectivity index (χ3v) is 3.94. The van der Waals surface area contributed by atoms with Crippen molar-refractivity contribution in [1.29, 1.82) is 0 Å². The van der Waals surface area contributed by atoms with E-state index in [0.29, 0.717) is 22.1 Å². The molecule has 0 spiro atoms. The Morgan fingerprint density at radius 3 is 2.95 bits per heavy atom. The third kappa shape index (κ3) is 2.37. The van der Waals surface area contributed by atoms with Crippen molar-refractivity contribution >= 4 is 33.8 Å². The molecule has 102 valence electrons. The number of benzene rings is 1. The molecule has 0 fully saturated rings. The average Bonchev–Trinajstić information content (AvgIpc) is 2.99. The Balaban J connectivity index is 1.73. The number of amides is 1. The molecule has 0 aliphatic heterocycles. The van der Waals surface area contributed by atoms with Crippen molar-refractivity contribution in [2.24, 2.45) is 0 Å². The highest BCUT2D eigenvalue weighted by molar-refractivity contribution is 7.16. The SMILES string of the molecule is Cc1nnc2sc(CNC(=O)c3ccccc3Cl)nn12. The van der Waals surface area contributed by atoms with Crippen LogP contribution in [-0.4, -0.2) is 25.7 Å². The molecule has 0 unspecified atom stereocenters. The van der Waals surface area contributed by atoms with Crippen LogP contribution in [0.5, 0.6) is 0 Å². The number of aromatic nitrogens is 4. The maximum Gasteiger partial charge on any atom is 0.253 e. The molecular weight excluding hydrogens is 298 g/mol. The summed E-state index contributed by atoms with van der Waals surface area (Å²) in [6.45, 7) is 2.16. The fourth-order valence-electron chi connectivity index (χ4n) is 1.72. The summed E-state index contributed by atoms with van der Waals surface area (Å²) in [7, 11) is 0. The van der Waals surface area contributed by atoms with Gasteiger partial charge in [-0.1, -0.05) is 35.1 Å². The zero-order valence-electron chi connectivity index (χ0n) is 10.5. The molecule has 0 aliphatic rings. The van der Waals surface area contributed by atoms with E-state index >= 15 is 0 Å². The number of aryl methyl sites for hydroxylation is 1. The van der Waals surface area contributed by atoms with E-state index in [4.69, 9.17) is 11.6 Å². The van der Waals surface area contributed by atoms with Gasteiger partial charge in [-0.2, -0.15) is 9.61 Å². The largest absolute Gasteiger partial charge is 0.345 e. The smallest absolute Gasteiger partial charge is 0.253 e. The van der Waals surface area contributed by atoms with E-state index in [1.807, 2.05) is 6.92 Å². The number of nitrogens with zero attached hydrogens (tertiary/aromatic N) is 4. The van der Waals surface area contributed by atoms with Gasteiger partial charge >= 0.3 is 0 Å². The second kappa shape index (κ2) is 5.18. The highest BCUT2D eigenvalue weighted by Crippen LogP contribution is 2.16. The summed E-state index contributed by atoms with van der Waals surface area (Å²) in [5.41, 5.74) is 0.452. The lowest BCUT2D eigenvalue weighted by molar-refractivity contribution is 0.0951. The van der Waals surface area contributed by atoms with Gasteiger partial charge in [0.25, 0.3) is 5.91 Å². The zero-order valence-corrected chi connectivity index (χ0v) is 12.1. The summed E-state index contributed by atoms with van der Waals surface area (Å²) in [6.07, 6.45) is 0. The van der Waals surface area contributed by atoms with Gasteiger partial charge in [-0.3, -0.25) is 4.79 Å². The van der Waals surface area contributed by atoms with E-state index < -0.39 is 0 Å². The first-order valence-electron chi connectivity index (χ1n) is 5.85. The minimum atomic E-state index is -0.224. The highest BCUT2D eigenvalue weighted by atomic mass is 35.5. The Morgan fingerprint density at radius 2 is 2.20 bits per heavy atom. The maximum atomic E-state index is 12.0. The van der Waals surface area contributed by atoms with E-state index in [1.54, 1.807) is 28.8 Å². The van der Waals surface area contributed by atoms with Gasteiger partial charge in [0.2, 0.25) is 4.96 Å². The van der Waals surface area contributed by atoms with Crippen LogP contribution < -0.4 is 5.32 Å². The topological polar surface area (TPSA) is 72.2 Å². The first-order valence-corrected chi connectivity index (χ1v) is 7.05. The summed E-state index contributed by atoms with van der Waals surface area (Å²) in [5, 5.41) is 16.2. The molecule has 1 aromatic carbocycles. The Labute approximate surface area is 123 Å². The molecule has 3 aromatic rings. The Morgan fingerprint density at radius 1 is 1.40 bits per heavy atom. The first-order chi connectivity index (χ1) is 9.65. The van der Waals surface area contributed by atoms with Crippen LogP contribution in [0, 0.1) is 6.92 Å². The zero-order chi connectivity index (χ0) is 14.1. The van der Waals surface area contributed by atoms with Crippen molar-refractivity contribution in [3.63, 3.8) is 0 Å². The molecule has 1 amide bonds. The number of hydrogen-bond acceptors (Lipinski definition) is 5. The van der Waals surface area contributed by atoms with Gasteiger partial charge < -0.3 is 5.32 Å². The number of rotatable bonds is 3. The fraction of sp³-hybridized carbons (Fsp3) is 0.167. The Kier molecular flexibility index (Phi) is 3.37. The van der Waals surface area contributed by atoms with Gasteiger partial charge in [-0.15, -0.1) is 10.2 Å². The molecule has 8 heteroatoms. The second-order valence-corrected chi connectivity index (χ2v) is 5.55. The van der Waals surface area contributed by atoms with Crippen LogP contribution in [0.1, 0.15) is 21.2 Å². The minimum Gasteiger partial charge on any atom is -0.345 e. The quantitative estimate of drug-likeness (QED) is 0.804. The number of carbonyl (C=O) groups is 1. The van der Waals surface area contributed by atoms with E-state index in [9.17, 15) is 4.79 Å². The molecule has 0 saturated carbocycles. The summed E-state index contributed by atoms with van der Waals surface area (Å²) < 4.78 is 1.65. The maximum absolute atomic E-state index is 12.0. The van der Waals surface area contributed by atoms with Gasteiger partial charge in [0.05, 0.1) is 17.1 Å². The molecular formula is C12H10ClN5OS. The molecule has 0 radical (unpaired) electrons. The lowest BCUT2D eigenvalue weighted by atomic mass is 10.2. The van der Waals surface area contributed by atoms with E-state index in [1.165, 1.54) is 11.3 Å². The minimum absolute atomic E-state index is 0.224. The van der Waals surface area contributed by atoms with Crippen LogP contribution in [0.4, 0.5) is 0 Å². The van der Waals surface area contributed by atoms with E-state index in [2.05, 4.69) is 20.6 Å². The molecule has 6 nitrogen and oxygen atoms in total. The lowest BCUT2D eigenvalue weighted by Crippen LogP contribution is -2.23. The summed E-state index contributed by atoms with van der Waals surface area (Å²) in [4.78, 5) is 12.7. The first kappa shape index (κ1) is 13.0. The molecule has 3 rings (SSSR count). The van der Waals surface area contributed by atoms with Crippen molar-refractivity contribution in [2.45, 2.75) is 13.5 Å². The van der Waals surface area contributed by atoms with E-state index in [-0.39, 0.29) is 5.91 Å². The Hall–Kier alpha value is -1.99. The van der Waals surface area contributed by atoms with Crippen LogP contribution >= 0.6 is 22.9 Å². The fourth-order valence-corrected chi connectivity index (χ4v) is 2.76. The number of halogens is 1. The second-order valence-electron chi connectivity index (χ2n) is 4.10. The average molecular weight is 308 g/mol. The van der Waals surface area contributed by atoms with E-state index in [0.717, 1.165) is 10.8 Å². The normalized spacial score (nSPS) is 10.9. The van der Waals surface area contributed by atoms with Gasteiger partial charge in [0, 0.05) is 0 Å². The predicted octanol–water partition coefficient (Wildman–Crippen LogP) is 2.08. The van der Waals surface area contributed by atoms with Crippen LogP contribution in [-0.2, 0) is 6.54 Å². The van der Waals surface area contributed by atoms with Crippen LogP contribution in [0.15, 0.2) is 24.3 Å². The summed E-state index contributed by atoms with van der Waals surface area (Å²) in [6, 6.07) is 6.92. The summed E-state index contributed by atoms with van der Waals surface area (Å²) >= 11 is 7.36. The highest BCUT2D eigenvalue weighted by Gasteiger charge is 2.12. The van der Waals surface area contributed by atoms with Gasteiger partial charge in [-0.25, -0.2) is 0 Å². The van der Waals surface area contributed by atoms with Crippen LogP contribution in [0.2, 0.25) is 5.02 Å². The summed E-state index contributed by atoms with van der Waals surface area (Å²) in [5.74, 6) is 0.498. The van der Waals surface area contributed by atoms with Crippen molar-refractivity contribution < 1.29 is 4.79 Å². The number of fused-ring (bicyclic) bond motifs is 1. The molecule has 0 aliphatic carbocycles.